The van der Waals surface area contributed by atoms with Crippen LogP contribution in [0.2, 0.25) is 0 Å². The maximum Gasteiger partial charge on any atom is 0.331 e. The smallest absolute Gasteiger partial charge is 0.331 e. The second kappa shape index (κ2) is 7.53. The normalized spacial score (nSPS) is 15.7. The van der Waals surface area contributed by atoms with Crippen LogP contribution in [0, 0.1) is 6.92 Å². The van der Waals surface area contributed by atoms with Crippen molar-refractivity contribution in [2.45, 2.75) is 19.6 Å². The SMILES string of the molecule is COc1ccc(-c2c3c(=O)n(C)c(=O)n(C)c3c3n2CCOC3c2ccc(C)cc2)cc1. The van der Waals surface area contributed by atoms with Gasteiger partial charge in [0.1, 0.15) is 11.9 Å². The van der Waals surface area contributed by atoms with Gasteiger partial charge in [0.2, 0.25) is 0 Å². The van der Waals surface area contributed by atoms with Gasteiger partial charge in [-0.25, -0.2) is 4.79 Å². The largest absolute Gasteiger partial charge is 0.497 e. The van der Waals surface area contributed by atoms with E-state index in [0.29, 0.717) is 24.1 Å². The number of rotatable bonds is 3. The lowest BCUT2D eigenvalue weighted by Crippen LogP contribution is -2.37. The van der Waals surface area contributed by atoms with Gasteiger partial charge >= 0.3 is 5.69 Å². The fourth-order valence-corrected chi connectivity index (χ4v) is 4.62. The summed E-state index contributed by atoms with van der Waals surface area (Å²) in [5.41, 5.74) is 4.63. The van der Waals surface area contributed by atoms with Crippen LogP contribution in [0.1, 0.15) is 22.9 Å². The number of fused-ring (bicyclic) bond motifs is 3. The third-order valence-electron chi connectivity index (χ3n) is 6.30. The standard InChI is InChI=1S/C25H25N3O4/c1-15-5-7-17(8-6-15)23-22-21-19(24(29)27(3)25(30)26(21)2)20(28(22)13-14-32-23)16-9-11-18(31-4)12-10-16/h5-12,23H,13-14H2,1-4H3. The van der Waals surface area contributed by atoms with Gasteiger partial charge < -0.3 is 14.0 Å². The Labute approximate surface area is 185 Å². The molecule has 32 heavy (non-hydrogen) atoms. The molecule has 1 atom stereocenters. The van der Waals surface area contributed by atoms with Gasteiger partial charge in [-0.3, -0.25) is 13.9 Å². The molecular weight excluding hydrogens is 406 g/mol. The molecule has 2 aromatic heterocycles. The molecular formula is C25H25N3O4. The average molecular weight is 431 g/mol. The van der Waals surface area contributed by atoms with Gasteiger partial charge in [-0.1, -0.05) is 29.8 Å². The second-order valence-corrected chi connectivity index (χ2v) is 8.20. The van der Waals surface area contributed by atoms with E-state index in [-0.39, 0.29) is 17.4 Å². The van der Waals surface area contributed by atoms with Gasteiger partial charge in [0, 0.05) is 20.6 Å². The van der Waals surface area contributed by atoms with Crippen molar-refractivity contribution in [1.29, 1.82) is 0 Å². The summed E-state index contributed by atoms with van der Waals surface area (Å²) < 4.78 is 16.4. The Balaban J connectivity index is 1.90. The first kappa shape index (κ1) is 20.3. The highest BCUT2D eigenvalue weighted by molar-refractivity contribution is 5.96. The minimum Gasteiger partial charge on any atom is -0.497 e. The molecule has 2 aromatic carbocycles. The highest BCUT2D eigenvalue weighted by Crippen LogP contribution is 2.40. The van der Waals surface area contributed by atoms with E-state index in [1.807, 2.05) is 55.5 Å². The molecule has 7 nitrogen and oxygen atoms in total. The molecule has 0 saturated heterocycles. The maximum atomic E-state index is 13.4. The molecule has 0 aliphatic carbocycles. The summed E-state index contributed by atoms with van der Waals surface area (Å²) in [6.07, 6.45) is -0.378. The zero-order valence-corrected chi connectivity index (χ0v) is 18.6. The number of aryl methyl sites for hydroxylation is 2. The number of ether oxygens (including phenoxy) is 2. The number of nitrogens with zero attached hydrogens (tertiary/aromatic N) is 3. The molecule has 0 radical (unpaired) electrons. The Hall–Kier alpha value is -3.58. The first-order chi connectivity index (χ1) is 15.4. The van der Waals surface area contributed by atoms with Crippen molar-refractivity contribution in [2.75, 3.05) is 13.7 Å². The van der Waals surface area contributed by atoms with Crippen molar-refractivity contribution in [1.82, 2.24) is 13.7 Å². The lowest BCUT2D eigenvalue weighted by molar-refractivity contribution is 0.0478. The molecule has 4 aromatic rings. The van der Waals surface area contributed by atoms with Crippen molar-refractivity contribution >= 4 is 10.9 Å². The van der Waals surface area contributed by atoms with Crippen LogP contribution in [0.5, 0.6) is 5.75 Å². The quantitative estimate of drug-likeness (QED) is 0.500. The van der Waals surface area contributed by atoms with Crippen molar-refractivity contribution in [3.8, 4) is 17.0 Å². The monoisotopic (exact) mass is 431 g/mol. The van der Waals surface area contributed by atoms with Crippen molar-refractivity contribution in [3.63, 3.8) is 0 Å². The van der Waals surface area contributed by atoms with Crippen molar-refractivity contribution in [2.24, 2.45) is 14.1 Å². The van der Waals surface area contributed by atoms with E-state index in [1.165, 1.54) is 11.6 Å². The summed E-state index contributed by atoms with van der Waals surface area (Å²) in [7, 11) is 4.86. The Morgan fingerprint density at radius 1 is 0.969 bits per heavy atom. The lowest BCUT2D eigenvalue weighted by atomic mass is 10.0. The van der Waals surface area contributed by atoms with Crippen LogP contribution in [0.15, 0.2) is 58.1 Å². The van der Waals surface area contributed by atoms with Gasteiger partial charge in [-0.2, -0.15) is 0 Å². The van der Waals surface area contributed by atoms with Crippen LogP contribution < -0.4 is 16.0 Å². The average Bonchev–Trinajstić information content (AvgIpc) is 3.17. The van der Waals surface area contributed by atoms with Crippen LogP contribution in [-0.2, 0) is 25.4 Å². The van der Waals surface area contributed by atoms with E-state index >= 15 is 0 Å². The molecule has 1 aliphatic rings. The molecule has 0 saturated carbocycles. The minimum atomic E-state index is -0.378. The minimum absolute atomic E-state index is 0.307. The van der Waals surface area contributed by atoms with Crippen LogP contribution >= 0.6 is 0 Å². The number of benzene rings is 2. The Morgan fingerprint density at radius 3 is 2.31 bits per heavy atom. The highest BCUT2D eigenvalue weighted by atomic mass is 16.5. The summed E-state index contributed by atoms with van der Waals surface area (Å²) in [6, 6.07) is 15.8. The third-order valence-corrected chi connectivity index (χ3v) is 6.30. The maximum absolute atomic E-state index is 13.4. The van der Waals surface area contributed by atoms with Crippen LogP contribution in [-0.4, -0.2) is 27.4 Å². The zero-order chi connectivity index (χ0) is 22.6. The fraction of sp³-hybridized carbons (Fsp3) is 0.280. The van der Waals surface area contributed by atoms with Gasteiger partial charge in [0.05, 0.1) is 36.0 Å². The molecule has 5 rings (SSSR count). The molecule has 1 unspecified atom stereocenters. The summed E-state index contributed by atoms with van der Waals surface area (Å²) in [5.74, 6) is 0.740. The van der Waals surface area contributed by atoms with Crippen LogP contribution in [0.4, 0.5) is 0 Å². The number of aromatic nitrogens is 3. The Bertz CT molecular complexity index is 1440. The van der Waals surface area contributed by atoms with E-state index in [4.69, 9.17) is 9.47 Å². The van der Waals surface area contributed by atoms with E-state index in [9.17, 15) is 9.59 Å². The molecule has 0 amide bonds. The molecule has 1 aliphatic heterocycles. The van der Waals surface area contributed by atoms with Crippen molar-refractivity contribution < 1.29 is 9.47 Å². The molecule has 0 fully saturated rings. The number of hydrogen-bond acceptors (Lipinski definition) is 4. The molecule has 7 heteroatoms. The number of methoxy groups -OCH3 is 1. The van der Waals surface area contributed by atoms with Gasteiger partial charge in [0.15, 0.2) is 0 Å². The second-order valence-electron chi connectivity index (χ2n) is 8.20. The molecule has 0 bridgehead atoms. The van der Waals surface area contributed by atoms with Gasteiger partial charge in [-0.15, -0.1) is 0 Å². The number of hydrogen-bond donors (Lipinski definition) is 0. The Kier molecular flexibility index (Phi) is 4.78. The fourth-order valence-electron chi connectivity index (χ4n) is 4.62. The van der Waals surface area contributed by atoms with Gasteiger partial charge in [0.25, 0.3) is 5.56 Å². The summed E-state index contributed by atoms with van der Waals surface area (Å²) in [6.45, 7) is 3.13. The first-order valence-corrected chi connectivity index (χ1v) is 10.6. The van der Waals surface area contributed by atoms with E-state index < -0.39 is 0 Å². The highest BCUT2D eigenvalue weighted by Gasteiger charge is 2.33. The third kappa shape index (κ3) is 2.92. The lowest BCUT2D eigenvalue weighted by Gasteiger charge is -2.27. The summed E-state index contributed by atoms with van der Waals surface area (Å²) in [4.78, 5) is 26.3. The topological polar surface area (TPSA) is 67.4 Å². The van der Waals surface area contributed by atoms with Crippen LogP contribution in [0.3, 0.4) is 0 Å². The van der Waals surface area contributed by atoms with E-state index in [0.717, 1.165) is 33.8 Å². The Morgan fingerprint density at radius 2 is 1.66 bits per heavy atom. The van der Waals surface area contributed by atoms with E-state index in [1.54, 1.807) is 18.7 Å². The molecule has 3 heterocycles. The summed E-state index contributed by atoms with van der Waals surface area (Å²) >= 11 is 0. The molecule has 164 valence electrons. The molecule has 0 N–H and O–H groups in total. The summed E-state index contributed by atoms with van der Waals surface area (Å²) in [5, 5.41) is 0.525. The predicted molar refractivity (Wildman–Crippen MR) is 123 cm³/mol. The van der Waals surface area contributed by atoms with Crippen molar-refractivity contribution in [3.05, 3.63) is 86.2 Å². The van der Waals surface area contributed by atoms with Crippen LogP contribution in [0.25, 0.3) is 22.2 Å². The van der Waals surface area contributed by atoms with E-state index in [2.05, 4.69) is 4.57 Å². The first-order valence-electron chi connectivity index (χ1n) is 10.6. The van der Waals surface area contributed by atoms with Gasteiger partial charge in [-0.05, 0) is 42.3 Å². The molecule has 0 spiro atoms. The predicted octanol–water partition coefficient (Wildman–Crippen LogP) is 3.14. The zero-order valence-electron chi connectivity index (χ0n) is 18.6.